The van der Waals surface area contributed by atoms with Gasteiger partial charge in [-0.25, -0.2) is 14.2 Å². The van der Waals surface area contributed by atoms with Crippen molar-refractivity contribution in [2.75, 3.05) is 0 Å². The molecule has 19 heavy (non-hydrogen) atoms. The normalized spacial score (nSPS) is 10.4. The van der Waals surface area contributed by atoms with Crippen molar-refractivity contribution >= 4 is 11.7 Å². The average molecular weight is 266 g/mol. The van der Waals surface area contributed by atoms with E-state index in [0.717, 1.165) is 18.2 Å². The summed E-state index contributed by atoms with van der Waals surface area (Å²) in [7, 11) is 0. The Hall–Kier alpha value is -2.77. The van der Waals surface area contributed by atoms with Crippen LogP contribution in [0.2, 0.25) is 0 Å². The Bertz CT molecular complexity index is 680. The molecule has 0 radical (unpaired) electrons. The number of carboxylic acid groups (broad SMARTS) is 1. The molecular weight excluding hydrogens is 259 g/mol. The van der Waals surface area contributed by atoms with E-state index in [1.165, 1.54) is 6.92 Å². The van der Waals surface area contributed by atoms with Crippen LogP contribution in [0.5, 0.6) is 0 Å². The third kappa shape index (κ3) is 2.28. The summed E-state index contributed by atoms with van der Waals surface area (Å²) < 4.78 is 18.1. The van der Waals surface area contributed by atoms with E-state index in [0.29, 0.717) is 0 Å². The SMILES string of the molecule is Cc1nc(-c2cc(F)ccc2[N+](=O)[O-])oc1C(=O)O. The molecular formula is C11H7FN2O5. The number of halogens is 1. The minimum absolute atomic E-state index is 0.0565. The van der Waals surface area contributed by atoms with Crippen LogP contribution in [0.25, 0.3) is 11.5 Å². The first kappa shape index (κ1) is 12.7. The number of aromatic carboxylic acids is 1. The Morgan fingerprint density at radius 3 is 2.74 bits per heavy atom. The highest BCUT2D eigenvalue weighted by Gasteiger charge is 2.23. The van der Waals surface area contributed by atoms with Crippen LogP contribution in [0.4, 0.5) is 10.1 Å². The zero-order chi connectivity index (χ0) is 14.2. The van der Waals surface area contributed by atoms with Crippen LogP contribution in [-0.4, -0.2) is 21.0 Å². The predicted molar refractivity (Wildman–Crippen MR) is 60.2 cm³/mol. The lowest BCUT2D eigenvalue weighted by molar-refractivity contribution is -0.384. The lowest BCUT2D eigenvalue weighted by Crippen LogP contribution is -1.95. The van der Waals surface area contributed by atoms with Gasteiger partial charge in [0.15, 0.2) is 0 Å². The molecule has 1 aromatic carbocycles. The van der Waals surface area contributed by atoms with Gasteiger partial charge in [-0.1, -0.05) is 0 Å². The molecule has 0 aliphatic rings. The van der Waals surface area contributed by atoms with Crippen molar-refractivity contribution in [2.24, 2.45) is 0 Å². The van der Waals surface area contributed by atoms with Crippen LogP contribution < -0.4 is 0 Å². The monoisotopic (exact) mass is 266 g/mol. The molecule has 7 nitrogen and oxygen atoms in total. The first-order valence-corrected chi connectivity index (χ1v) is 5.05. The number of carbonyl (C=O) groups is 1. The first-order valence-electron chi connectivity index (χ1n) is 5.05. The Balaban J connectivity index is 2.64. The zero-order valence-electron chi connectivity index (χ0n) is 9.58. The van der Waals surface area contributed by atoms with E-state index in [1.54, 1.807) is 0 Å². The smallest absolute Gasteiger partial charge is 0.373 e. The van der Waals surface area contributed by atoms with Gasteiger partial charge in [0, 0.05) is 6.07 Å². The van der Waals surface area contributed by atoms with E-state index in [1.807, 2.05) is 0 Å². The Kier molecular flexibility index (Phi) is 2.99. The second kappa shape index (κ2) is 4.48. The second-order valence-corrected chi connectivity index (χ2v) is 3.66. The van der Waals surface area contributed by atoms with E-state index in [4.69, 9.17) is 9.52 Å². The molecule has 0 bridgehead atoms. The molecule has 0 unspecified atom stereocenters. The van der Waals surface area contributed by atoms with Gasteiger partial charge in [-0.3, -0.25) is 10.1 Å². The number of rotatable bonds is 3. The molecule has 1 N–H and O–H groups in total. The number of nitrogens with zero attached hydrogens (tertiary/aromatic N) is 2. The molecule has 0 saturated carbocycles. The third-order valence-electron chi connectivity index (χ3n) is 2.38. The molecule has 1 heterocycles. The second-order valence-electron chi connectivity index (χ2n) is 3.66. The molecule has 2 aromatic rings. The minimum atomic E-state index is -1.35. The standard InChI is InChI=1S/C11H7FN2O5/c1-5-9(11(15)16)19-10(13-5)7-4-6(12)2-3-8(7)14(17)18/h2-4H,1H3,(H,15,16). The number of oxazole rings is 1. The summed E-state index contributed by atoms with van der Waals surface area (Å²) in [5.41, 5.74) is -0.568. The van der Waals surface area contributed by atoms with Gasteiger partial charge in [-0.05, 0) is 19.1 Å². The number of carboxylic acids is 1. The fraction of sp³-hybridized carbons (Fsp3) is 0.0909. The topological polar surface area (TPSA) is 106 Å². The summed E-state index contributed by atoms with van der Waals surface area (Å²) in [5.74, 6) is -2.81. The number of aryl methyl sites for hydroxylation is 1. The maximum Gasteiger partial charge on any atom is 0.373 e. The summed E-state index contributed by atoms with van der Waals surface area (Å²) in [6, 6.07) is 2.76. The highest BCUT2D eigenvalue weighted by Crippen LogP contribution is 2.31. The maximum absolute atomic E-state index is 13.2. The average Bonchev–Trinajstić information content (AvgIpc) is 2.70. The molecule has 0 atom stereocenters. The van der Waals surface area contributed by atoms with Crippen molar-refractivity contribution in [1.82, 2.24) is 4.98 Å². The lowest BCUT2D eigenvalue weighted by Gasteiger charge is -1.98. The highest BCUT2D eigenvalue weighted by molar-refractivity contribution is 5.86. The summed E-state index contributed by atoms with van der Waals surface area (Å²) in [6.07, 6.45) is 0. The van der Waals surface area contributed by atoms with E-state index < -0.39 is 28.2 Å². The van der Waals surface area contributed by atoms with E-state index in [2.05, 4.69) is 4.98 Å². The van der Waals surface area contributed by atoms with Crippen molar-refractivity contribution in [3.63, 3.8) is 0 Å². The summed E-state index contributed by atoms with van der Waals surface area (Å²) >= 11 is 0. The van der Waals surface area contributed by atoms with Crippen LogP contribution in [0.1, 0.15) is 16.2 Å². The van der Waals surface area contributed by atoms with Crippen LogP contribution in [-0.2, 0) is 0 Å². The summed E-state index contributed by atoms with van der Waals surface area (Å²) in [6.45, 7) is 1.38. The first-order chi connectivity index (χ1) is 8.90. The van der Waals surface area contributed by atoms with Gasteiger partial charge in [-0.2, -0.15) is 0 Å². The number of benzene rings is 1. The highest BCUT2D eigenvalue weighted by atomic mass is 19.1. The lowest BCUT2D eigenvalue weighted by atomic mass is 10.2. The van der Waals surface area contributed by atoms with Gasteiger partial charge in [0.25, 0.3) is 5.69 Å². The minimum Gasteiger partial charge on any atom is -0.475 e. The molecule has 0 saturated heterocycles. The van der Waals surface area contributed by atoms with E-state index >= 15 is 0 Å². The van der Waals surface area contributed by atoms with Crippen LogP contribution in [0.15, 0.2) is 22.6 Å². The largest absolute Gasteiger partial charge is 0.475 e. The molecule has 98 valence electrons. The molecule has 0 aliphatic heterocycles. The number of hydrogen-bond acceptors (Lipinski definition) is 5. The van der Waals surface area contributed by atoms with Crippen molar-refractivity contribution in [1.29, 1.82) is 0 Å². The Morgan fingerprint density at radius 1 is 1.53 bits per heavy atom. The third-order valence-corrected chi connectivity index (χ3v) is 2.38. The van der Waals surface area contributed by atoms with Gasteiger partial charge in [0.2, 0.25) is 11.7 Å². The zero-order valence-corrected chi connectivity index (χ0v) is 9.58. The van der Waals surface area contributed by atoms with Crippen LogP contribution >= 0.6 is 0 Å². The summed E-state index contributed by atoms with van der Waals surface area (Å²) in [4.78, 5) is 24.7. The molecule has 0 spiro atoms. The molecule has 1 aromatic heterocycles. The predicted octanol–water partition coefficient (Wildman–Crippen LogP) is 2.40. The Morgan fingerprint density at radius 2 is 2.21 bits per heavy atom. The van der Waals surface area contributed by atoms with Crippen molar-refractivity contribution < 1.29 is 23.6 Å². The fourth-order valence-electron chi connectivity index (χ4n) is 1.55. The molecule has 8 heteroatoms. The number of aromatic nitrogens is 1. The van der Waals surface area contributed by atoms with E-state index in [9.17, 15) is 19.3 Å². The molecule has 0 fully saturated rings. The van der Waals surface area contributed by atoms with Gasteiger partial charge >= 0.3 is 5.97 Å². The van der Waals surface area contributed by atoms with Gasteiger partial charge in [0.1, 0.15) is 11.4 Å². The number of nitro benzene ring substituents is 1. The van der Waals surface area contributed by atoms with Crippen LogP contribution in [0, 0.1) is 22.9 Å². The van der Waals surface area contributed by atoms with Crippen molar-refractivity contribution in [3.05, 3.63) is 45.6 Å². The summed E-state index contributed by atoms with van der Waals surface area (Å²) in [5, 5.41) is 19.6. The Labute approximate surface area is 105 Å². The van der Waals surface area contributed by atoms with Crippen LogP contribution in [0.3, 0.4) is 0 Å². The fourth-order valence-corrected chi connectivity index (χ4v) is 1.55. The quantitative estimate of drug-likeness (QED) is 0.675. The number of hydrogen-bond donors (Lipinski definition) is 1. The molecule has 0 aliphatic carbocycles. The van der Waals surface area contributed by atoms with Gasteiger partial charge in [-0.15, -0.1) is 0 Å². The van der Waals surface area contributed by atoms with Crippen molar-refractivity contribution in [3.8, 4) is 11.5 Å². The van der Waals surface area contributed by atoms with E-state index in [-0.39, 0.29) is 17.1 Å². The molecule has 0 amide bonds. The van der Waals surface area contributed by atoms with Crippen molar-refractivity contribution in [2.45, 2.75) is 6.92 Å². The number of nitro groups is 1. The van der Waals surface area contributed by atoms with Gasteiger partial charge < -0.3 is 9.52 Å². The maximum atomic E-state index is 13.2. The van der Waals surface area contributed by atoms with Gasteiger partial charge in [0.05, 0.1) is 10.6 Å². The molecule has 2 rings (SSSR count).